The van der Waals surface area contributed by atoms with Gasteiger partial charge in [-0.3, -0.25) is 0 Å². The number of urea groups is 1. The van der Waals surface area contributed by atoms with Crippen LogP contribution in [0.1, 0.15) is 6.92 Å². The largest absolute Gasteiger partial charge is 0.494 e. The molecule has 0 heterocycles. The maximum absolute atomic E-state index is 10.8. The molecule has 0 aromatic heterocycles. The second-order valence-electron chi connectivity index (χ2n) is 2.81. The molecule has 7 nitrogen and oxygen atoms in total. The van der Waals surface area contributed by atoms with E-state index in [1.165, 1.54) is 24.3 Å². The molecule has 2 N–H and O–H groups in total. The molecule has 0 atom stereocenters. The first-order valence-electron chi connectivity index (χ1n) is 4.53. The molecule has 7 heteroatoms. The number of nitro groups is 1. The first kappa shape index (κ1) is 11.8. The van der Waals surface area contributed by atoms with Crippen molar-refractivity contribution in [2.45, 2.75) is 6.92 Å². The Balaban J connectivity index is 2.94. The van der Waals surface area contributed by atoms with Gasteiger partial charge < -0.3 is 10.5 Å². The molecule has 1 aromatic carbocycles. The maximum atomic E-state index is 10.8. The highest BCUT2D eigenvalue weighted by Crippen LogP contribution is 2.19. The van der Waals surface area contributed by atoms with Crippen molar-refractivity contribution in [3.8, 4) is 5.75 Å². The topological polar surface area (TPSA) is 98.7 Å². The molecule has 0 bridgehead atoms. The van der Waals surface area contributed by atoms with Crippen molar-refractivity contribution in [2.24, 2.45) is 5.73 Å². The zero-order valence-corrected chi connectivity index (χ0v) is 8.62. The summed E-state index contributed by atoms with van der Waals surface area (Å²) >= 11 is 0. The summed E-state index contributed by atoms with van der Waals surface area (Å²) in [5.41, 5.74) is 4.96. The predicted octanol–water partition coefficient (Wildman–Crippen LogP) is 1.16. The summed E-state index contributed by atoms with van der Waals surface area (Å²) in [6.45, 7) is 2.31. The molecule has 0 fully saturated rings. The van der Waals surface area contributed by atoms with Crippen molar-refractivity contribution >= 4 is 11.7 Å². The zero-order valence-electron chi connectivity index (χ0n) is 8.62. The molecule has 0 radical (unpaired) electrons. The lowest BCUT2D eigenvalue weighted by atomic mass is 10.3. The van der Waals surface area contributed by atoms with Gasteiger partial charge in [0.1, 0.15) is 11.4 Å². The first-order valence-corrected chi connectivity index (χ1v) is 4.53. The number of amides is 2. The minimum Gasteiger partial charge on any atom is -0.494 e. The summed E-state index contributed by atoms with van der Waals surface area (Å²) in [4.78, 5) is 21.4. The average Bonchev–Trinajstić information content (AvgIpc) is 2.20. The standard InChI is InChI=1S/C9H11N3O4/c1-2-16-8-5-3-7(4-6-8)11(9(10)13)12(14)15/h3-6H,2H2,1H3,(H2,10,13). The van der Waals surface area contributed by atoms with E-state index in [4.69, 9.17) is 10.5 Å². The third-order valence-corrected chi connectivity index (χ3v) is 1.76. The minimum atomic E-state index is -1.14. The van der Waals surface area contributed by atoms with Gasteiger partial charge in [-0.2, -0.15) is 0 Å². The van der Waals surface area contributed by atoms with Gasteiger partial charge in [0.05, 0.1) is 6.61 Å². The molecule has 0 aliphatic carbocycles. The molecule has 2 amide bonds. The Morgan fingerprint density at radius 3 is 2.44 bits per heavy atom. The van der Waals surface area contributed by atoms with Gasteiger partial charge in [-0.25, -0.2) is 14.9 Å². The van der Waals surface area contributed by atoms with Gasteiger partial charge in [0.2, 0.25) is 0 Å². The van der Waals surface area contributed by atoms with Gasteiger partial charge in [0.15, 0.2) is 5.03 Å². The number of carbonyl (C=O) groups is 1. The molecular weight excluding hydrogens is 214 g/mol. The third-order valence-electron chi connectivity index (χ3n) is 1.76. The van der Waals surface area contributed by atoms with E-state index >= 15 is 0 Å². The summed E-state index contributed by atoms with van der Waals surface area (Å²) < 4.78 is 5.16. The minimum absolute atomic E-state index is 0.0842. The fourth-order valence-electron chi connectivity index (χ4n) is 1.15. The van der Waals surface area contributed by atoms with E-state index in [1.54, 1.807) is 0 Å². The number of rotatable bonds is 4. The van der Waals surface area contributed by atoms with E-state index < -0.39 is 11.1 Å². The molecule has 16 heavy (non-hydrogen) atoms. The summed E-state index contributed by atoms with van der Waals surface area (Å²) in [6, 6.07) is 4.68. The van der Waals surface area contributed by atoms with Gasteiger partial charge >= 0.3 is 6.03 Å². The Morgan fingerprint density at radius 2 is 2.06 bits per heavy atom. The monoisotopic (exact) mass is 225 g/mol. The van der Waals surface area contributed by atoms with Gasteiger partial charge in [-0.15, -0.1) is 0 Å². The number of hydrazine groups is 1. The summed E-state index contributed by atoms with van der Waals surface area (Å²) in [6.07, 6.45) is 0. The molecule has 0 saturated carbocycles. The van der Waals surface area contributed by atoms with Crippen LogP contribution in [0.15, 0.2) is 24.3 Å². The van der Waals surface area contributed by atoms with Crippen molar-refractivity contribution in [1.82, 2.24) is 0 Å². The number of hydrogen-bond acceptors (Lipinski definition) is 4. The van der Waals surface area contributed by atoms with Crippen LogP contribution in [0.25, 0.3) is 0 Å². The lowest BCUT2D eigenvalue weighted by molar-refractivity contribution is -0.481. The SMILES string of the molecule is CCOc1ccc(N(C(N)=O)[N+](=O)[O-])cc1. The number of benzene rings is 1. The Bertz CT molecular complexity index is 376. The molecule has 0 unspecified atom stereocenters. The number of nitrogens with two attached hydrogens (primary N) is 1. The van der Waals surface area contributed by atoms with E-state index in [2.05, 4.69) is 0 Å². The molecule has 86 valence electrons. The maximum Gasteiger partial charge on any atom is 0.378 e. The van der Waals surface area contributed by atoms with Crippen LogP contribution in [0, 0.1) is 10.1 Å². The molecule has 0 aliphatic rings. The number of ether oxygens (including phenoxy) is 1. The lowest BCUT2D eigenvalue weighted by Gasteiger charge is -2.09. The number of anilines is 1. The highest BCUT2D eigenvalue weighted by atomic mass is 16.7. The van der Waals surface area contributed by atoms with Crippen molar-refractivity contribution in [2.75, 3.05) is 11.6 Å². The van der Waals surface area contributed by atoms with Crippen LogP contribution < -0.4 is 15.5 Å². The number of hydrogen-bond donors (Lipinski definition) is 1. The summed E-state index contributed by atoms with van der Waals surface area (Å²) in [5, 5.41) is 9.93. The molecular formula is C9H11N3O4. The first-order chi connectivity index (χ1) is 7.56. The summed E-state index contributed by atoms with van der Waals surface area (Å²) in [5.74, 6) is 0.569. The van der Waals surface area contributed by atoms with Crippen molar-refractivity contribution in [3.05, 3.63) is 34.4 Å². The van der Waals surface area contributed by atoms with Gasteiger partial charge in [-0.1, -0.05) is 0 Å². The van der Waals surface area contributed by atoms with Gasteiger partial charge in [-0.05, 0) is 36.2 Å². The Morgan fingerprint density at radius 1 is 1.50 bits per heavy atom. The van der Waals surface area contributed by atoms with Gasteiger partial charge in [0.25, 0.3) is 0 Å². The molecule has 0 saturated heterocycles. The predicted molar refractivity (Wildman–Crippen MR) is 56.7 cm³/mol. The molecule has 0 aliphatic heterocycles. The van der Waals surface area contributed by atoms with Crippen LogP contribution in [-0.4, -0.2) is 17.7 Å². The fraction of sp³-hybridized carbons (Fsp3) is 0.222. The van der Waals surface area contributed by atoms with Crippen LogP contribution >= 0.6 is 0 Å². The number of carbonyl (C=O) groups excluding carboxylic acids is 1. The number of primary amides is 1. The van der Waals surface area contributed by atoms with E-state index in [-0.39, 0.29) is 10.7 Å². The third kappa shape index (κ3) is 2.59. The van der Waals surface area contributed by atoms with Crippen LogP contribution in [0.3, 0.4) is 0 Å². The Labute approximate surface area is 91.5 Å². The average molecular weight is 225 g/mol. The van der Waals surface area contributed by atoms with E-state index in [0.717, 1.165) is 0 Å². The molecule has 1 rings (SSSR count). The van der Waals surface area contributed by atoms with Crippen LogP contribution in [0.5, 0.6) is 5.75 Å². The van der Waals surface area contributed by atoms with Crippen LogP contribution in [0.4, 0.5) is 10.5 Å². The normalized spacial score (nSPS) is 9.56. The fourth-order valence-corrected chi connectivity index (χ4v) is 1.15. The number of nitrogens with zero attached hydrogens (tertiary/aromatic N) is 2. The Hall–Kier alpha value is -2.31. The van der Waals surface area contributed by atoms with E-state index in [0.29, 0.717) is 12.4 Å². The molecule has 1 aromatic rings. The summed E-state index contributed by atoms with van der Waals surface area (Å²) in [7, 11) is 0. The Kier molecular flexibility index (Phi) is 3.65. The van der Waals surface area contributed by atoms with E-state index in [9.17, 15) is 14.9 Å². The highest BCUT2D eigenvalue weighted by molar-refractivity contribution is 5.88. The quantitative estimate of drug-likeness (QED) is 0.613. The lowest BCUT2D eigenvalue weighted by Crippen LogP contribution is -2.40. The van der Waals surface area contributed by atoms with Gasteiger partial charge in [0, 0.05) is 0 Å². The second kappa shape index (κ2) is 4.96. The van der Waals surface area contributed by atoms with Crippen molar-refractivity contribution in [1.29, 1.82) is 0 Å². The van der Waals surface area contributed by atoms with E-state index in [1.807, 2.05) is 6.92 Å². The van der Waals surface area contributed by atoms with Crippen molar-refractivity contribution in [3.63, 3.8) is 0 Å². The molecule has 0 spiro atoms. The zero-order chi connectivity index (χ0) is 12.1. The second-order valence-corrected chi connectivity index (χ2v) is 2.81. The van der Waals surface area contributed by atoms with Crippen LogP contribution in [-0.2, 0) is 0 Å². The smallest absolute Gasteiger partial charge is 0.378 e. The van der Waals surface area contributed by atoms with Crippen LogP contribution in [0.2, 0.25) is 0 Å². The highest BCUT2D eigenvalue weighted by Gasteiger charge is 2.23. The van der Waals surface area contributed by atoms with Crippen molar-refractivity contribution < 1.29 is 14.6 Å².